The fraction of sp³-hybridized carbons (Fsp3) is 0.667. The topological polar surface area (TPSA) is 42.9 Å². The monoisotopic (exact) mass is 485 g/mol. The van der Waals surface area contributed by atoms with Crippen LogP contribution >= 0.6 is 24.0 Å². The molecule has 2 N–H and O–H groups in total. The molecule has 0 spiro atoms. The number of hydrogen-bond donors (Lipinski definition) is 2. The molecule has 2 aliphatic rings. The first kappa shape index (κ1) is 22.4. The summed E-state index contributed by atoms with van der Waals surface area (Å²) in [4.78, 5) is 9.57. The summed E-state index contributed by atoms with van der Waals surface area (Å²) >= 11 is 0. The Labute approximate surface area is 182 Å². The molecule has 2 saturated heterocycles. The lowest BCUT2D eigenvalue weighted by molar-refractivity contribution is 0.245. The molecule has 1 aromatic carbocycles. The first-order valence-corrected chi connectivity index (χ1v) is 10.3. The number of guanidine groups is 1. The van der Waals surface area contributed by atoms with Gasteiger partial charge in [0.1, 0.15) is 0 Å². The SMILES string of the molecule is CCN1CCC(CNC(=NC)NCC(c2ccccc2)N2CCCC2)C1.I. The number of aliphatic imine (C=N–C) groups is 1. The van der Waals surface area contributed by atoms with E-state index in [0.717, 1.165) is 31.5 Å². The zero-order valence-corrected chi connectivity index (χ0v) is 19.2. The van der Waals surface area contributed by atoms with Gasteiger partial charge in [0, 0.05) is 26.7 Å². The van der Waals surface area contributed by atoms with Gasteiger partial charge < -0.3 is 15.5 Å². The molecule has 2 unspecified atom stereocenters. The third-order valence-electron chi connectivity index (χ3n) is 5.83. The summed E-state index contributed by atoms with van der Waals surface area (Å²) in [7, 11) is 1.87. The normalized spacial score (nSPS) is 22.4. The van der Waals surface area contributed by atoms with Crippen molar-refractivity contribution in [2.45, 2.75) is 32.2 Å². The summed E-state index contributed by atoms with van der Waals surface area (Å²) in [5.74, 6) is 1.66. The molecule has 5 nitrogen and oxygen atoms in total. The van der Waals surface area contributed by atoms with Gasteiger partial charge in [-0.2, -0.15) is 0 Å². The van der Waals surface area contributed by atoms with Crippen LogP contribution in [0.4, 0.5) is 0 Å². The van der Waals surface area contributed by atoms with Gasteiger partial charge in [-0.05, 0) is 56.9 Å². The van der Waals surface area contributed by atoms with Crippen LogP contribution in [0.3, 0.4) is 0 Å². The Morgan fingerprint density at radius 1 is 1.15 bits per heavy atom. The van der Waals surface area contributed by atoms with Crippen molar-refractivity contribution in [3.63, 3.8) is 0 Å². The maximum absolute atomic E-state index is 4.44. The molecule has 2 atom stereocenters. The van der Waals surface area contributed by atoms with Gasteiger partial charge in [0.2, 0.25) is 0 Å². The predicted molar refractivity (Wildman–Crippen MR) is 125 cm³/mol. The van der Waals surface area contributed by atoms with E-state index in [2.05, 4.69) is 62.7 Å². The van der Waals surface area contributed by atoms with Crippen molar-refractivity contribution in [2.75, 3.05) is 52.9 Å². The maximum Gasteiger partial charge on any atom is 0.191 e. The summed E-state index contributed by atoms with van der Waals surface area (Å²) < 4.78 is 0. The van der Waals surface area contributed by atoms with Crippen LogP contribution in [-0.2, 0) is 0 Å². The average Bonchev–Trinajstić information content (AvgIpc) is 3.37. The minimum absolute atomic E-state index is 0. The van der Waals surface area contributed by atoms with Gasteiger partial charge in [-0.3, -0.25) is 9.89 Å². The molecule has 0 saturated carbocycles. The van der Waals surface area contributed by atoms with Gasteiger partial charge in [-0.25, -0.2) is 0 Å². The van der Waals surface area contributed by atoms with Gasteiger partial charge in [0.25, 0.3) is 0 Å². The fourth-order valence-electron chi connectivity index (χ4n) is 4.21. The van der Waals surface area contributed by atoms with E-state index in [1.54, 1.807) is 0 Å². The number of halogens is 1. The molecule has 2 aliphatic heterocycles. The Hall–Kier alpha value is -0.860. The lowest BCUT2D eigenvalue weighted by Crippen LogP contribution is -2.44. The number of benzene rings is 1. The van der Waals surface area contributed by atoms with Crippen LogP contribution in [0.15, 0.2) is 35.3 Å². The van der Waals surface area contributed by atoms with Crippen LogP contribution in [0, 0.1) is 5.92 Å². The minimum atomic E-state index is 0. The molecule has 1 aromatic rings. The zero-order valence-electron chi connectivity index (χ0n) is 16.9. The summed E-state index contributed by atoms with van der Waals surface area (Å²) in [6.45, 7) is 10.2. The van der Waals surface area contributed by atoms with Crippen molar-refractivity contribution in [1.29, 1.82) is 0 Å². The summed E-state index contributed by atoms with van der Waals surface area (Å²) in [6.07, 6.45) is 3.91. The van der Waals surface area contributed by atoms with Crippen molar-refractivity contribution in [1.82, 2.24) is 20.4 Å². The molecular weight excluding hydrogens is 449 g/mol. The highest BCUT2D eigenvalue weighted by Gasteiger charge is 2.24. The van der Waals surface area contributed by atoms with Crippen molar-refractivity contribution < 1.29 is 0 Å². The van der Waals surface area contributed by atoms with Gasteiger partial charge in [-0.15, -0.1) is 24.0 Å². The summed E-state index contributed by atoms with van der Waals surface area (Å²) in [5.41, 5.74) is 1.40. The lowest BCUT2D eigenvalue weighted by atomic mass is 10.1. The van der Waals surface area contributed by atoms with E-state index >= 15 is 0 Å². The standard InChI is InChI=1S/C21H35N5.HI/c1-3-25-14-11-18(17-25)15-23-21(22-2)24-16-20(26-12-7-8-13-26)19-9-5-4-6-10-19;/h4-6,9-10,18,20H,3,7-8,11-17H2,1-2H3,(H2,22,23,24);1H. The van der Waals surface area contributed by atoms with E-state index in [1.807, 2.05) is 7.05 Å². The van der Waals surface area contributed by atoms with Crippen LogP contribution in [0.25, 0.3) is 0 Å². The molecule has 27 heavy (non-hydrogen) atoms. The lowest BCUT2D eigenvalue weighted by Gasteiger charge is -2.29. The van der Waals surface area contributed by atoms with Gasteiger partial charge >= 0.3 is 0 Å². The molecule has 2 fully saturated rings. The van der Waals surface area contributed by atoms with Crippen molar-refractivity contribution in [3.05, 3.63) is 35.9 Å². The molecule has 6 heteroatoms. The highest BCUT2D eigenvalue weighted by Crippen LogP contribution is 2.24. The molecule has 3 rings (SSSR count). The molecule has 0 aromatic heterocycles. The summed E-state index contributed by atoms with van der Waals surface area (Å²) in [6, 6.07) is 11.3. The molecule has 0 bridgehead atoms. The highest BCUT2D eigenvalue weighted by molar-refractivity contribution is 14.0. The van der Waals surface area contributed by atoms with E-state index in [9.17, 15) is 0 Å². The van der Waals surface area contributed by atoms with Crippen LogP contribution in [0.2, 0.25) is 0 Å². The van der Waals surface area contributed by atoms with Crippen LogP contribution in [0.1, 0.15) is 37.8 Å². The summed E-state index contributed by atoms with van der Waals surface area (Å²) in [5, 5.41) is 7.12. The first-order chi connectivity index (χ1) is 12.8. The third-order valence-corrected chi connectivity index (χ3v) is 5.83. The number of nitrogens with zero attached hydrogens (tertiary/aromatic N) is 3. The Balaban J connectivity index is 0.00000261. The van der Waals surface area contributed by atoms with E-state index < -0.39 is 0 Å². The van der Waals surface area contributed by atoms with E-state index in [-0.39, 0.29) is 24.0 Å². The van der Waals surface area contributed by atoms with Crippen LogP contribution in [-0.4, -0.2) is 68.6 Å². The molecule has 152 valence electrons. The highest BCUT2D eigenvalue weighted by atomic mass is 127. The van der Waals surface area contributed by atoms with Crippen molar-refractivity contribution in [2.24, 2.45) is 10.9 Å². The first-order valence-electron chi connectivity index (χ1n) is 10.3. The quantitative estimate of drug-likeness (QED) is 0.354. The second kappa shape index (κ2) is 11.9. The second-order valence-electron chi connectivity index (χ2n) is 7.55. The largest absolute Gasteiger partial charge is 0.356 e. The van der Waals surface area contributed by atoms with E-state index in [1.165, 1.54) is 51.0 Å². The van der Waals surface area contributed by atoms with Gasteiger partial charge in [0.15, 0.2) is 5.96 Å². The molecule has 0 radical (unpaired) electrons. The number of likely N-dealkylation sites (tertiary alicyclic amines) is 2. The Morgan fingerprint density at radius 2 is 1.89 bits per heavy atom. The maximum atomic E-state index is 4.44. The Bertz CT molecular complexity index is 559. The van der Waals surface area contributed by atoms with E-state index in [0.29, 0.717) is 6.04 Å². The molecule has 0 amide bonds. The predicted octanol–water partition coefficient (Wildman–Crippen LogP) is 2.95. The van der Waals surface area contributed by atoms with Gasteiger partial charge in [-0.1, -0.05) is 37.3 Å². The second-order valence-corrected chi connectivity index (χ2v) is 7.55. The van der Waals surface area contributed by atoms with Crippen LogP contribution < -0.4 is 10.6 Å². The van der Waals surface area contributed by atoms with E-state index in [4.69, 9.17) is 0 Å². The van der Waals surface area contributed by atoms with Crippen molar-refractivity contribution in [3.8, 4) is 0 Å². The Morgan fingerprint density at radius 3 is 2.52 bits per heavy atom. The number of hydrogen-bond acceptors (Lipinski definition) is 3. The number of nitrogens with one attached hydrogen (secondary N) is 2. The molecule has 2 heterocycles. The minimum Gasteiger partial charge on any atom is -0.356 e. The third kappa shape index (κ3) is 6.61. The zero-order chi connectivity index (χ0) is 18.2. The smallest absolute Gasteiger partial charge is 0.191 e. The van der Waals surface area contributed by atoms with Gasteiger partial charge in [0.05, 0.1) is 6.04 Å². The van der Waals surface area contributed by atoms with Crippen LogP contribution in [0.5, 0.6) is 0 Å². The number of rotatable bonds is 7. The fourth-order valence-corrected chi connectivity index (χ4v) is 4.21. The molecule has 0 aliphatic carbocycles. The van der Waals surface area contributed by atoms with Crippen molar-refractivity contribution >= 4 is 29.9 Å². The average molecular weight is 485 g/mol. The Kier molecular flexibility index (Phi) is 9.86. The molecular formula is C21H36IN5.